The van der Waals surface area contributed by atoms with Crippen LogP contribution in [0.15, 0.2) is 30.6 Å². The number of carbonyl (C=O) groups excluding carboxylic acids is 1. The Kier molecular flexibility index (Phi) is 5.97. The molecule has 1 unspecified atom stereocenters. The Morgan fingerprint density at radius 3 is 2.70 bits per heavy atom. The van der Waals surface area contributed by atoms with Crippen LogP contribution in [0.4, 0.5) is 14.6 Å². The number of alkyl halides is 1. The fourth-order valence-corrected chi connectivity index (χ4v) is 2.75. The first kappa shape index (κ1) is 21.6. The first-order chi connectivity index (χ1) is 14.1. The molecule has 1 amide bonds. The number of aliphatic hydroxyl groups is 1. The number of aromatic nitrogens is 4. The molecule has 0 saturated carbocycles. The summed E-state index contributed by atoms with van der Waals surface area (Å²) in [5, 5.41) is 19.7. The number of hydrogen-bond donors (Lipinski definition) is 3. The summed E-state index contributed by atoms with van der Waals surface area (Å²) in [7, 11) is 0. The van der Waals surface area contributed by atoms with Gasteiger partial charge in [-0.1, -0.05) is 0 Å². The Hall–Kier alpha value is -3.14. The molecule has 0 spiro atoms. The topological polar surface area (TPSA) is 104 Å². The van der Waals surface area contributed by atoms with Gasteiger partial charge in [0.15, 0.2) is 5.65 Å². The van der Waals surface area contributed by atoms with E-state index in [0.717, 1.165) is 0 Å². The highest BCUT2D eigenvalue weighted by atomic mass is 19.1. The lowest BCUT2D eigenvalue weighted by atomic mass is 10.0. The molecule has 30 heavy (non-hydrogen) atoms. The summed E-state index contributed by atoms with van der Waals surface area (Å²) < 4.78 is 29.5. The zero-order valence-electron chi connectivity index (χ0n) is 17.1. The molecule has 8 nitrogen and oxygen atoms in total. The number of fused-ring (bicyclic) bond motifs is 1. The highest BCUT2D eigenvalue weighted by Gasteiger charge is 2.27. The summed E-state index contributed by atoms with van der Waals surface area (Å²) in [5.74, 6) is -0.913. The number of carbonyl (C=O) groups is 1. The van der Waals surface area contributed by atoms with E-state index in [-0.39, 0.29) is 23.7 Å². The van der Waals surface area contributed by atoms with Gasteiger partial charge in [0.05, 0.1) is 23.4 Å². The van der Waals surface area contributed by atoms with Crippen LogP contribution >= 0.6 is 0 Å². The summed E-state index contributed by atoms with van der Waals surface area (Å²) in [6.07, 6.45) is 1.04. The third-order valence-electron chi connectivity index (χ3n) is 4.40. The van der Waals surface area contributed by atoms with Crippen molar-refractivity contribution in [1.29, 1.82) is 0 Å². The van der Waals surface area contributed by atoms with Gasteiger partial charge in [-0.25, -0.2) is 14.4 Å². The van der Waals surface area contributed by atoms with E-state index in [1.165, 1.54) is 30.8 Å². The van der Waals surface area contributed by atoms with Gasteiger partial charge >= 0.3 is 0 Å². The molecule has 0 fully saturated rings. The minimum Gasteiger partial charge on any atom is -0.387 e. The average Bonchev–Trinajstić information content (AvgIpc) is 3.09. The highest BCUT2D eigenvalue weighted by molar-refractivity contribution is 5.99. The van der Waals surface area contributed by atoms with Crippen molar-refractivity contribution in [2.45, 2.75) is 45.5 Å². The Bertz CT molecular complexity index is 1060. The molecule has 0 aromatic carbocycles. The maximum absolute atomic E-state index is 14.1. The minimum atomic E-state index is -1.65. The number of halogens is 2. The van der Waals surface area contributed by atoms with Gasteiger partial charge in [0.25, 0.3) is 5.91 Å². The van der Waals surface area contributed by atoms with E-state index in [9.17, 15) is 18.7 Å². The normalized spacial score (nSPS) is 12.9. The van der Waals surface area contributed by atoms with Gasteiger partial charge in [0.1, 0.15) is 17.6 Å². The largest absolute Gasteiger partial charge is 0.387 e. The van der Waals surface area contributed by atoms with Crippen molar-refractivity contribution >= 4 is 17.4 Å². The Morgan fingerprint density at radius 1 is 1.33 bits per heavy atom. The number of hydrogen-bond acceptors (Lipinski definition) is 6. The Labute approximate surface area is 172 Å². The second kappa shape index (κ2) is 8.31. The van der Waals surface area contributed by atoms with E-state index in [4.69, 9.17) is 0 Å². The van der Waals surface area contributed by atoms with Crippen LogP contribution in [0.3, 0.4) is 0 Å². The molecule has 0 aliphatic carbocycles. The molecular formula is C20H24F2N6O2. The van der Waals surface area contributed by atoms with Gasteiger partial charge in [0.2, 0.25) is 5.95 Å². The summed E-state index contributed by atoms with van der Waals surface area (Å²) in [5.41, 5.74) is -0.536. The van der Waals surface area contributed by atoms with E-state index in [2.05, 4.69) is 25.7 Å². The molecule has 3 aromatic heterocycles. The van der Waals surface area contributed by atoms with Gasteiger partial charge in [-0.05, 0) is 39.8 Å². The zero-order chi connectivity index (χ0) is 22.1. The number of nitrogens with zero attached hydrogens (tertiary/aromatic N) is 4. The van der Waals surface area contributed by atoms with Gasteiger partial charge < -0.3 is 15.7 Å². The van der Waals surface area contributed by atoms with Crippen molar-refractivity contribution in [1.82, 2.24) is 24.9 Å². The van der Waals surface area contributed by atoms with Crippen LogP contribution in [0.5, 0.6) is 0 Å². The molecule has 1 atom stereocenters. The predicted octanol–water partition coefficient (Wildman–Crippen LogP) is 2.59. The van der Waals surface area contributed by atoms with Crippen LogP contribution < -0.4 is 10.6 Å². The van der Waals surface area contributed by atoms with E-state index in [1.54, 1.807) is 18.2 Å². The van der Waals surface area contributed by atoms with E-state index in [1.807, 2.05) is 13.8 Å². The summed E-state index contributed by atoms with van der Waals surface area (Å²) in [6.45, 7) is 6.04. The Balaban J connectivity index is 2.00. The Morgan fingerprint density at radius 2 is 2.07 bits per heavy atom. The second-order valence-corrected chi connectivity index (χ2v) is 7.79. The fraction of sp³-hybridized carbons (Fsp3) is 0.400. The minimum absolute atomic E-state index is 0.0600. The van der Waals surface area contributed by atoms with Crippen molar-refractivity contribution in [3.8, 4) is 11.3 Å². The van der Waals surface area contributed by atoms with E-state index in [0.29, 0.717) is 17.2 Å². The second-order valence-electron chi connectivity index (χ2n) is 7.79. The molecule has 3 rings (SSSR count). The highest BCUT2D eigenvalue weighted by Crippen LogP contribution is 2.25. The molecule has 3 heterocycles. The third-order valence-corrected chi connectivity index (χ3v) is 4.40. The van der Waals surface area contributed by atoms with E-state index >= 15 is 0 Å². The molecule has 0 aliphatic rings. The van der Waals surface area contributed by atoms with Crippen molar-refractivity contribution in [2.24, 2.45) is 0 Å². The number of amides is 1. The van der Waals surface area contributed by atoms with Crippen LogP contribution in [-0.4, -0.2) is 55.0 Å². The van der Waals surface area contributed by atoms with Gasteiger partial charge in [-0.2, -0.15) is 14.0 Å². The van der Waals surface area contributed by atoms with Crippen molar-refractivity contribution in [3.05, 3.63) is 42.1 Å². The number of nitrogens with one attached hydrogen (secondary N) is 2. The van der Waals surface area contributed by atoms with Gasteiger partial charge in [0, 0.05) is 24.5 Å². The molecule has 0 radical (unpaired) electrons. The molecular weight excluding hydrogens is 394 g/mol. The fourth-order valence-electron chi connectivity index (χ4n) is 2.75. The lowest BCUT2D eigenvalue weighted by Crippen LogP contribution is -2.42. The molecule has 0 saturated heterocycles. The van der Waals surface area contributed by atoms with Crippen molar-refractivity contribution in [3.63, 3.8) is 0 Å². The van der Waals surface area contributed by atoms with E-state index < -0.39 is 23.6 Å². The monoisotopic (exact) mass is 418 g/mol. The first-order valence-electron chi connectivity index (χ1n) is 9.48. The summed E-state index contributed by atoms with van der Waals surface area (Å²) in [6, 6.07) is 4.66. The summed E-state index contributed by atoms with van der Waals surface area (Å²) in [4.78, 5) is 20.6. The van der Waals surface area contributed by atoms with Crippen LogP contribution in [0.25, 0.3) is 16.9 Å². The lowest BCUT2D eigenvalue weighted by molar-refractivity contribution is -0.00177. The lowest BCUT2D eigenvalue weighted by Gasteiger charge is -2.22. The number of pyridine rings is 1. The van der Waals surface area contributed by atoms with Crippen LogP contribution in [0, 0.1) is 5.95 Å². The van der Waals surface area contributed by atoms with Gasteiger partial charge in [-0.3, -0.25) is 4.79 Å². The number of rotatable bonds is 7. The molecule has 3 N–H and O–H groups in total. The van der Waals surface area contributed by atoms with Crippen LogP contribution in [0.2, 0.25) is 0 Å². The van der Waals surface area contributed by atoms with Crippen molar-refractivity contribution in [2.75, 3.05) is 11.9 Å². The predicted molar refractivity (Wildman–Crippen MR) is 108 cm³/mol. The van der Waals surface area contributed by atoms with Crippen LogP contribution in [0.1, 0.15) is 38.1 Å². The van der Waals surface area contributed by atoms with Crippen LogP contribution in [-0.2, 0) is 0 Å². The molecule has 10 heteroatoms. The number of anilines is 1. The van der Waals surface area contributed by atoms with Crippen molar-refractivity contribution < 1.29 is 18.7 Å². The maximum Gasteiger partial charge on any atom is 0.256 e. The molecule has 160 valence electrons. The molecule has 0 bridgehead atoms. The SMILES string of the molecule is CC(C)Nc1c(C(=O)NCC(F)C(C)(C)O)cnc2cc(-c3cccnc3F)nn12. The quantitative estimate of drug-likeness (QED) is 0.510. The standard InChI is InChI=1S/C20H24F2N6O2/c1-11(2)26-18-13(19(29)25-10-15(21)20(3,4)30)9-24-16-8-14(27-28(16)18)12-6-5-7-23-17(12)22/h5-9,11,15,26,30H,10H2,1-4H3,(H,25,29). The molecule has 3 aromatic rings. The smallest absolute Gasteiger partial charge is 0.256 e. The average molecular weight is 418 g/mol. The van der Waals surface area contributed by atoms with Gasteiger partial charge in [-0.15, -0.1) is 0 Å². The zero-order valence-corrected chi connectivity index (χ0v) is 17.1. The maximum atomic E-state index is 14.1. The summed E-state index contributed by atoms with van der Waals surface area (Å²) >= 11 is 0. The third kappa shape index (κ3) is 4.54. The first-order valence-corrected chi connectivity index (χ1v) is 9.48. The molecule has 0 aliphatic heterocycles.